The molecule has 5 rings (SSSR count). The third-order valence-electron chi connectivity index (χ3n) is 6.44. The molecule has 2 aliphatic heterocycles. The number of hydrogen-bond donors (Lipinski definition) is 0. The van der Waals surface area contributed by atoms with Crippen molar-refractivity contribution < 1.29 is 9.59 Å². The van der Waals surface area contributed by atoms with Gasteiger partial charge in [0, 0.05) is 23.5 Å². The molecule has 4 atom stereocenters. The van der Waals surface area contributed by atoms with Crippen molar-refractivity contribution in [2.24, 2.45) is 11.8 Å². The molecule has 0 saturated heterocycles. The Kier molecular flexibility index (Phi) is 3.73. The summed E-state index contributed by atoms with van der Waals surface area (Å²) in [5, 5.41) is 0. The molecule has 0 bridgehead atoms. The van der Waals surface area contributed by atoms with Crippen LogP contribution < -0.4 is 9.80 Å². The number of hydrogen-bond acceptors (Lipinski definition) is 2. The van der Waals surface area contributed by atoms with Gasteiger partial charge in [-0.15, -0.1) is 0 Å². The first kappa shape index (κ1) is 17.2. The number of rotatable bonds is 2. The van der Waals surface area contributed by atoms with E-state index in [1.54, 1.807) is 0 Å². The fourth-order valence-electron chi connectivity index (χ4n) is 5.02. The van der Waals surface area contributed by atoms with Gasteiger partial charge in [0.2, 0.25) is 11.8 Å². The summed E-state index contributed by atoms with van der Waals surface area (Å²) in [4.78, 5) is 30.4. The molecule has 0 N–H and O–H groups in total. The lowest BCUT2D eigenvalue weighted by Gasteiger charge is -2.24. The standard InChI is InChI=1S/C24H24N2O2/c1-14-12-17-8-4-6-10-19(17)25(14)23(27)21-16(3)22(21)24(28)26-15(2)13-18-9-5-7-11-20(18)26/h4-11,14-15,21-22H,3,12-13H2,1-2H3/t14-,15+,21+,22-. The summed E-state index contributed by atoms with van der Waals surface area (Å²) >= 11 is 0. The fourth-order valence-corrected chi connectivity index (χ4v) is 5.02. The lowest BCUT2D eigenvalue weighted by molar-refractivity contribution is -0.124. The largest absolute Gasteiger partial charge is 0.308 e. The van der Waals surface area contributed by atoms with Gasteiger partial charge in [-0.1, -0.05) is 48.6 Å². The average Bonchev–Trinajstić information content (AvgIpc) is 3.05. The minimum absolute atomic E-state index is 0.0148. The summed E-state index contributed by atoms with van der Waals surface area (Å²) in [5.74, 6) is -0.774. The van der Waals surface area contributed by atoms with E-state index in [-0.39, 0.29) is 23.9 Å². The first-order valence-corrected chi connectivity index (χ1v) is 9.99. The van der Waals surface area contributed by atoms with Crippen molar-refractivity contribution >= 4 is 23.2 Å². The van der Waals surface area contributed by atoms with E-state index >= 15 is 0 Å². The molecule has 0 radical (unpaired) electrons. The predicted octanol–water partition coefficient (Wildman–Crippen LogP) is 3.74. The molecule has 142 valence electrons. The topological polar surface area (TPSA) is 40.6 Å². The molecule has 1 fully saturated rings. The summed E-state index contributed by atoms with van der Waals surface area (Å²) in [7, 11) is 0. The zero-order chi connectivity index (χ0) is 19.6. The number of fused-ring (bicyclic) bond motifs is 2. The van der Waals surface area contributed by atoms with Crippen molar-refractivity contribution in [3.8, 4) is 0 Å². The molecule has 28 heavy (non-hydrogen) atoms. The van der Waals surface area contributed by atoms with Crippen LogP contribution in [-0.2, 0) is 22.4 Å². The molecule has 0 unspecified atom stereocenters. The van der Waals surface area contributed by atoms with Crippen LogP contribution >= 0.6 is 0 Å². The summed E-state index contributed by atoms with van der Waals surface area (Å²) in [5.41, 5.74) is 5.10. The molecule has 4 heteroatoms. The molecule has 2 aromatic carbocycles. The molecular weight excluding hydrogens is 348 g/mol. The van der Waals surface area contributed by atoms with E-state index in [2.05, 4.69) is 32.6 Å². The monoisotopic (exact) mass is 372 g/mol. The molecule has 2 amide bonds. The lowest BCUT2D eigenvalue weighted by atomic mass is 10.1. The smallest absolute Gasteiger partial charge is 0.235 e. The summed E-state index contributed by atoms with van der Waals surface area (Å²) in [6, 6.07) is 16.3. The second kappa shape index (κ2) is 6.06. The number of amides is 2. The maximum atomic E-state index is 13.3. The molecular formula is C24H24N2O2. The Morgan fingerprint density at radius 2 is 1.18 bits per heavy atom. The highest BCUT2D eigenvalue weighted by Gasteiger charge is 2.57. The fraction of sp³-hybridized carbons (Fsp3) is 0.333. The summed E-state index contributed by atoms with van der Waals surface area (Å²) in [6.45, 7) is 8.22. The molecule has 1 saturated carbocycles. The molecule has 2 aromatic rings. The predicted molar refractivity (Wildman–Crippen MR) is 110 cm³/mol. The second-order valence-corrected chi connectivity index (χ2v) is 8.31. The molecule has 3 aliphatic rings. The van der Waals surface area contributed by atoms with Gasteiger partial charge in [0.25, 0.3) is 0 Å². The van der Waals surface area contributed by atoms with Gasteiger partial charge in [0.15, 0.2) is 0 Å². The van der Waals surface area contributed by atoms with Crippen LogP contribution in [-0.4, -0.2) is 23.9 Å². The molecule has 0 aromatic heterocycles. The van der Waals surface area contributed by atoms with E-state index < -0.39 is 11.8 Å². The Labute approximate surface area is 165 Å². The minimum atomic E-state index is -0.402. The van der Waals surface area contributed by atoms with Crippen LogP contribution in [0.4, 0.5) is 11.4 Å². The van der Waals surface area contributed by atoms with Crippen LogP contribution in [0.3, 0.4) is 0 Å². The highest BCUT2D eigenvalue weighted by molar-refractivity contribution is 6.11. The third kappa shape index (κ3) is 2.37. The second-order valence-electron chi connectivity index (χ2n) is 8.31. The van der Waals surface area contributed by atoms with Gasteiger partial charge in [0.05, 0.1) is 11.8 Å². The first-order chi connectivity index (χ1) is 13.5. The van der Waals surface area contributed by atoms with Crippen LogP contribution in [0.2, 0.25) is 0 Å². The summed E-state index contributed by atoms with van der Waals surface area (Å²) < 4.78 is 0. The van der Waals surface area contributed by atoms with Gasteiger partial charge in [-0.25, -0.2) is 0 Å². The van der Waals surface area contributed by atoms with Gasteiger partial charge < -0.3 is 9.80 Å². The number of carbonyl (C=O) groups excluding carboxylic acids is 2. The van der Waals surface area contributed by atoms with E-state index in [1.807, 2.05) is 46.2 Å². The lowest BCUT2D eigenvalue weighted by Crippen LogP contribution is -2.40. The zero-order valence-corrected chi connectivity index (χ0v) is 16.3. The Balaban J connectivity index is 1.40. The van der Waals surface area contributed by atoms with E-state index in [9.17, 15) is 9.59 Å². The molecule has 2 heterocycles. The van der Waals surface area contributed by atoms with Gasteiger partial charge in [0.1, 0.15) is 0 Å². The molecule has 1 aliphatic carbocycles. The van der Waals surface area contributed by atoms with Crippen molar-refractivity contribution in [3.63, 3.8) is 0 Å². The molecule has 0 spiro atoms. The van der Waals surface area contributed by atoms with Gasteiger partial charge in [-0.3, -0.25) is 9.59 Å². The number of anilines is 2. The normalized spacial score (nSPS) is 27.6. The maximum absolute atomic E-state index is 13.3. The van der Waals surface area contributed by atoms with Crippen molar-refractivity contribution in [1.29, 1.82) is 0 Å². The van der Waals surface area contributed by atoms with Crippen LogP contribution in [0, 0.1) is 11.8 Å². The zero-order valence-electron chi connectivity index (χ0n) is 16.3. The van der Waals surface area contributed by atoms with Gasteiger partial charge >= 0.3 is 0 Å². The Bertz CT molecular complexity index is 932. The quantitative estimate of drug-likeness (QED) is 0.754. The molecule has 4 nitrogen and oxygen atoms in total. The Morgan fingerprint density at radius 3 is 1.61 bits per heavy atom. The third-order valence-corrected chi connectivity index (χ3v) is 6.44. The maximum Gasteiger partial charge on any atom is 0.235 e. The number of carbonyl (C=O) groups is 2. The van der Waals surface area contributed by atoms with E-state index in [1.165, 1.54) is 11.1 Å². The number of nitrogens with zero attached hydrogens (tertiary/aromatic N) is 2. The van der Waals surface area contributed by atoms with Gasteiger partial charge in [-0.05, 0) is 49.9 Å². The van der Waals surface area contributed by atoms with E-state index in [0.717, 1.165) is 29.8 Å². The van der Waals surface area contributed by atoms with Crippen molar-refractivity contribution in [2.45, 2.75) is 38.8 Å². The highest BCUT2D eigenvalue weighted by Crippen LogP contribution is 2.50. The van der Waals surface area contributed by atoms with Crippen molar-refractivity contribution in [3.05, 3.63) is 71.8 Å². The van der Waals surface area contributed by atoms with Crippen LogP contribution in [0.15, 0.2) is 60.7 Å². The van der Waals surface area contributed by atoms with Crippen LogP contribution in [0.5, 0.6) is 0 Å². The van der Waals surface area contributed by atoms with Gasteiger partial charge in [-0.2, -0.15) is 0 Å². The van der Waals surface area contributed by atoms with Crippen molar-refractivity contribution in [2.75, 3.05) is 9.80 Å². The van der Waals surface area contributed by atoms with Crippen LogP contribution in [0.25, 0.3) is 0 Å². The highest BCUT2D eigenvalue weighted by atomic mass is 16.2. The van der Waals surface area contributed by atoms with Crippen molar-refractivity contribution in [1.82, 2.24) is 0 Å². The Hall–Kier alpha value is -2.88. The van der Waals surface area contributed by atoms with E-state index in [4.69, 9.17) is 0 Å². The summed E-state index contributed by atoms with van der Waals surface area (Å²) in [6.07, 6.45) is 1.71. The SMILES string of the molecule is C=C1[C@H](C(=O)N2c3ccccc3C[C@H]2C)[C@@H]1C(=O)N1c2ccccc2C[C@@H]1C. The first-order valence-electron chi connectivity index (χ1n) is 9.99. The minimum Gasteiger partial charge on any atom is -0.308 e. The van der Waals surface area contributed by atoms with Crippen LogP contribution in [0.1, 0.15) is 25.0 Å². The van der Waals surface area contributed by atoms with E-state index in [0.29, 0.717) is 0 Å². The average molecular weight is 372 g/mol. The number of benzene rings is 2. The Morgan fingerprint density at radius 1 is 0.786 bits per heavy atom. The number of para-hydroxylation sites is 2.